The van der Waals surface area contributed by atoms with Crippen LogP contribution in [0.4, 0.5) is 0 Å². The first kappa shape index (κ1) is 18.5. The minimum Gasteiger partial charge on any atom is -0.245 e. The average molecular weight is 452 g/mol. The normalized spacial score (nSPS) is 11.0. The van der Waals surface area contributed by atoms with Crippen molar-refractivity contribution in [1.82, 2.24) is 18.9 Å². The topological polar surface area (TPSA) is 77.7 Å². The van der Waals surface area contributed by atoms with E-state index in [1.165, 1.54) is 18.7 Å². The molecule has 0 bridgehead atoms. The quantitative estimate of drug-likeness (QED) is 0.457. The maximum absolute atomic E-state index is 12.6. The maximum Gasteiger partial charge on any atom is 0.269 e. The molecule has 0 fully saturated rings. The number of benzene rings is 1. The summed E-state index contributed by atoms with van der Waals surface area (Å²) < 4.78 is 27.0. The van der Waals surface area contributed by atoms with E-state index in [0.29, 0.717) is 20.5 Å². The highest BCUT2D eigenvalue weighted by molar-refractivity contribution is 9.10. The van der Waals surface area contributed by atoms with E-state index in [1.807, 2.05) is 0 Å². The van der Waals surface area contributed by atoms with Gasteiger partial charge < -0.3 is 0 Å². The molecule has 0 unspecified atom stereocenters. The fraction of sp³-hybridized carbons (Fsp3) is 0. The van der Waals surface area contributed by atoms with Crippen LogP contribution >= 0.6 is 27.5 Å². The standard InChI is InChI=1S/C13H8BrClN2O2S.C4H4N2/c14-10-8-17(13-12(10)11(15)6-7-16-13)20(18,19)9-4-2-1-3-5-9;1-2-5-4-6-3-1/h1-8H;1-4H. The Morgan fingerprint density at radius 3 is 2.23 bits per heavy atom. The van der Waals surface area contributed by atoms with Gasteiger partial charge in [0.25, 0.3) is 10.0 Å². The molecule has 0 aliphatic carbocycles. The fourth-order valence-electron chi connectivity index (χ4n) is 2.19. The molecule has 1 aromatic carbocycles. The number of nitrogens with zero attached hydrogens (tertiary/aromatic N) is 4. The van der Waals surface area contributed by atoms with Crippen LogP contribution in [-0.2, 0) is 10.0 Å². The number of hydrogen-bond acceptors (Lipinski definition) is 5. The first-order valence-electron chi connectivity index (χ1n) is 7.33. The molecule has 0 spiro atoms. The lowest BCUT2D eigenvalue weighted by Crippen LogP contribution is -2.12. The van der Waals surface area contributed by atoms with E-state index in [9.17, 15) is 8.42 Å². The molecule has 4 rings (SSSR count). The van der Waals surface area contributed by atoms with Crippen molar-refractivity contribution in [2.75, 3.05) is 0 Å². The highest BCUT2D eigenvalue weighted by atomic mass is 79.9. The SMILES string of the molecule is O=S(=O)(c1ccccc1)n1cc(Br)c2c(Cl)ccnc21.c1cncnc1. The van der Waals surface area contributed by atoms with E-state index in [0.717, 1.165) is 3.97 Å². The summed E-state index contributed by atoms with van der Waals surface area (Å²) in [4.78, 5) is 11.7. The molecule has 0 saturated carbocycles. The molecule has 9 heteroatoms. The second kappa shape index (κ2) is 7.94. The zero-order valence-corrected chi connectivity index (χ0v) is 16.4. The molecule has 26 heavy (non-hydrogen) atoms. The first-order chi connectivity index (χ1) is 12.5. The third-order valence-electron chi connectivity index (χ3n) is 3.34. The Morgan fingerprint density at radius 1 is 0.962 bits per heavy atom. The van der Waals surface area contributed by atoms with Crippen molar-refractivity contribution < 1.29 is 8.42 Å². The average Bonchev–Trinajstić information content (AvgIpc) is 3.03. The van der Waals surface area contributed by atoms with Crippen LogP contribution in [0.3, 0.4) is 0 Å². The van der Waals surface area contributed by atoms with Gasteiger partial charge in [0.1, 0.15) is 6.33 Å². The van der Waals surface area contributed by atoms with E-state index in [2.05, 4.69) is 30.9 Å². The smallest absolute Gasteiger partial charge is 0.245 e. The van der Waals surface area contributed by atoms with Crippen molar-refractivity contribution in [1.29, 1.82) is 0 Å². The number of fused-ring (bicyclic) bond motifs is 1. The van der Waals surface area contributed by atoms with E-state index in [1.54, 1.807) is 54.9 Å². The molecule has 3 heterocycles. The molecule has 0 amide bonds. The Kier molecular flexibility index (Phi) is 5.65. The Morgan fingerprint density at radius 2 is 1.65 bits per heavy atom. The van der Waals surface area contributed by atoms with Crippen molar-refractivity contribution in [3.8, 4) is 0 Å². The van der Waals surface area contributed by atoms with Crippen LogP contribution in [0.5, 0.6) is 0 Å². The van der Waals surface area contributed by atoms with E-state index < -0.39 is 10.0 Å². The van der Waals surface area contributed by atoms with Crippen LogP contribution in [0.15, 0.2) is 82.9 Å². The van der Waals surface area contributed by atoms with Gasteiger partial charge in [-0.2, -0.15) is 0 Å². The summed E-state index contributed by atoms with van der Waals surface area (Å²) >= 11 is 9.42. The molecule has 6 nitrogen and oxygen atoms in total. The molecule has 0 N–H and O–H groups in total. The lowest BCUT2D eigenvalue weighted by molar-refractivity contribution is 0.588. The summed E-state index contributed by atoms with van der Waals surface area (Å²) in [7, 11) is -3.70. The van der Waals surface area contributed by atoms with Crippen molar-refractivity contribution in [2.45, 2.75) is 4.90 Å². The third-order valence-corrected chi connectivity index (χ3v) is 5.92. The van der Waals surface area contributed by atoms with Gasteiger partial charge in [0.15, 0.2) is 5.65 Å². The Labute approximate surface area is 163 Å². The summed E-state index contributed by atoms with van der Waals surface area (Å²) in [5.41, 5.74) is 0.299. The fourth-order valence-corrected chi connectivity index (χ4v) is 4.61. The molecule has 0 aliphatic heterocycles. The van der Waals surface area contributed by atoms with Gasteiger partial charge in [-0.15, -0.1) is 0 Å². The Balaban J connectivity index is 0.000000278. The molecule has 132 valence electrons. The van der Waals surface area contributed by atoms with Crippen LogP contribution in [0, 0.1) is 0 Å². The summed E-state index contributed by atoms with van der Waals surface area (Å²) in [6.07, 6.45) is 7.82. The lowest BCUT2D eigenvalue weighted by atomic mass is 10.3. The molecule has 0 saturated heterocycles. The molecule has 4 aromatic rings. The minimum atomic E-state index is -3.70. The zero-order chi connectivity index (χ0) is 18.6. The van der Waals surface area contributed by atoms with Crippen molar-refractivity contribution in [3.63, 3.8) is 0 Å². The lowest BCUT2D eigenvalue weighted by Gasteiger charge is -2.06. The summed E-state index contributed by atoms with van der Waals surface area (Å²) in [6, 6.07) is 11.6. The number of rotatable bonds is 2. The third kappa shape index (κ3) is 3.77. The number of halogens is 2. The monoisotopic (exact) mass is 450 g/mol. The Bertz CT molecular complexity index is 1090. The van der Waals surface area contributed by atoms with Crippen molar-refractivity contribution in [2.24, 2.45) is 0 Å². The summed E-state index contributed by atoms with van der Waals surface area (Å²) in [5.74, 6) is 0. The van der Waals surface area contributed by atoms with E-state index >= 15 is 0 Å². The van der Waals surface area contributed by atoms with E-state index in [-0.39, 0.29) is 4.90 Å². The largest absolute Gasteiger partial charge is 0.269 e. The molecule has 0 aliphatic rings. The van der Waals surface area contributed by atoms with Crippen LogP contribution in [-0.4, -0.2) is 27.3 Å². The predicted molar refractivity (Wildman–Crippen MR) is 104 cm³/mol. The molecular formula is C17H12BrClN4O2S. The highest BCUT2D eigenvalue weighted by Crippen LogP contribution is 2.32. The summed E-state index contributed by atoms with van der Waals surface area (Å²) in [6.45, 7) is 0. The molecular weight excluding hydrogens is 440 g/mol. The van der Waals surface area contributed by atoms with Gasteiger partial charge in [-0.1, -0.05) is 29.8 Å². The van der Waals surface area contributed by atoms with Crippen LogP contribution in [0.25, 0.3) is 11.0 Å². The minimum absolute atomic E-state index is 0.200. The van der Waals surface area contributed by atoms with Crippen LogP contribution in [0.1, 0.15) is 0 Å². The predicted octanol–water partition coefficient (Wildman–Crippen LogP) is 4.17. The van der Waals surface area contributed by atoms with Gasteiger partial charge in [0.05, 0.1) is 15.3 Å². The van der Waals surface area contributed by atoms with Gasteiger partial charge in [-0.05, 0) is 40.2 Å². The van der Waals surface area contributed by atoms with Gasteiger partial charge in [0.2, 0.25) is 0 Å². The zero-order valence-electron chi connectivity index (χ0n) is 13.2. The van der Waals surface area contributed by atoms with Gasteiger partial charge in [-0.3, -0.25) is 0 Å². The van der Waals surface area contributed by atoms with Crippen molar-refractivity contribution >= 4 is 48.6 Å². The molecule has 0 radical (unpaired) electrons. The van der Waals surface area contributed by atoms with Crippen molar-refractivity contribution in [3.05, 3.63) is 83.1 Å². The van der Waals surface area contributed by atoms with Crippen LogP contribution < -0.4 is 0 Å². The Hall–Kier alpha value is -2.29. The second-order valence-corrected chi connectivity index (χ2v) is 8.06. The van der Waals surface area contributed by atoms with Gasteiger partial charge in [0, 0.05) is 29.3 Å². The highest BCUT2D eigenvalue weighted by Gasteiger charge is 2.22. The number of aromatic nitrogens is 4. The number of pyridine rings is 1. The van der Waals surface area contributed by atoms with Gasteiger partial charge in [-0.25, -0.2) is 27.3 Å². The maximum atomic E-state index is 12.6. The van der Waals surface area contributed by atoms with Gasteiger partial charge >= 0.3 is 0 Å². The first-order valence-corrected chi connectivity index (χ1v) is 9.94. The second-order valence-electron chi connectivity index (χ2n) is 4.99. The molecule has 3 aromatic heterocycles. The van der Waals surface area contributed by atoms with Crippen LogP contribution in [0.2, 0.25) is 5.02 Å². The summed E-state index contributed by atoms with van der Waals surface area (Å²) in [5, 5.41) is 1.03. The number of hydrogen-bond donors (Lipinski definition) is 0. The molecule has 0 atom stereocenters. The van der Waals surface area contributed by atoms with E-state index in [4.69, 9.17) is 11.6 Å².